The van der Waals surface area contributed by atoms with Crippen molar-refractivity contribution in [1.82, 2.24) is 15.2 Å². The highest BCUT2D eigenvalue weighted by molar-refractivity contribution is 9.10. The first-order chi connectivity index (χ1) is 10.3. The molecule has 3 nitrogen and oxygen atoms in total. The Morgan fingerprint density at radius 2 is 1.71 bits per heavy atom. The molecular formula is C17H12BrN3. The number of rotatable bonds is 2. The second kappa shape index (κ2) is 4.90. The summed E-state index contributed by atoms with van der Waals surface area (Å²) in [6.07, 6.45) is 3.92. The fourth-order valence-corrected chi connectivity index (χ4v) is 2.89. The lowest BCUT2D eigenvalue weighted by Gasteiger charge is -2.03. The summed E-state index contributed by atoms with van der Waals surface area (Å²) >= 11 is 3.47. The molecule has 0 fully saturated rings. The number of fused-ring (bicyclic) bond motifs is 1. The third-order valence-corrected chi connectivity index (χ3v) is 4.18. The Kier molecular flexibility index (Phi) is 2.89. The molecule has 4 rings (SSSR count). The molecule has 0 saturated carbocycles. The largest absolute Gasteiger partial charge is 0.361 e. The van der Waals surface area contributed by atoms with E-state index in [0.29, 0.717) is 0 Å². The van der Waals surface area contributed by atoms with Crippen LogP contribution in [0, 0.1) is 0 Å². The monoisotopic (exact) mass is 337 g/mol. The van der Waals surface area contributed by atoms with Gasteiger partial charge in [-0.1, -0.05) is 46.3 Å². The van der Waals surface area contributed by atoms with Crippen LogP contribution in [-0.2, 0) is 0 Å². The van der Waals surface area contributed by atoms with Crippen LogP contribution in [0.25, 0.3) is 33.3 Å². The molecule has 2 aromatic heterocycles. The predicted molar refractivity (Wildman–Crippen MR) is 89.0 cm³/mol. The van der Waals surface area contributed by atoms with E-state index in [2.05, 4.69) is 61.4 Å². The lowest BCUT2D eigenvalue weighted by Crippen LogP contribution is -1.82. The van der Waals surface area contributed by atoms with Crippen LogP contribution < -0.4 is 0 Å². The van der Waals surface area contributed by atoms with Crippen molar-refractivity contribution in [2.24, 2.45) is 0 Å². The number of aromatic nitrogens is 3. The number of para-hydroxylation sites is 1. The van der Waals surface area contributed by atoms with Crippen LogP contribution in [0.2, 0.25) is 0 Å². The number of hydrogen-bond donors (Lipinski definition) is 2. The van der Waals surface area contributed by atoms with Crippen molar-refractivity contribution in [3.63, 3.8) is 0 Å². The van der Waals surface area contributed by atoms with E-state index in [-0.39, 0.29) is 0 Å². The van der Waals surface area contributed by atoms with Gasteiger partial charge in [0.1, 0.15) is 0 Å². The molecule has 2 N–H and O–H groups in total. The van der Waals surface area contributed by atoms with Gasteiger partial charge in [-0.15, -0.1) is 0 Å². The maximum atomic E-state index is 4.23. The summed E-state index contributed by atoms with van der Waals surface area (Å²) in [7, 11) is 0. The van der Waals surface area contributed by atoms with Gasteiger partial charge in [0.25, 0.3) is 0 Å². The molecule has 0 amide bonds. The molecule has 2 aromatic carbocycles. The molecule has 4 aromatic rings. The summed E-state index contributed by atoms with van der Waals surface area (Å²) in [5.41, 5.74) is 5.56. The summed E-state index contributed by atoms with van der Waals surface area (Å²) in [6, 6.07) is 16.5. The lowest BCUT2D eigenvalue weighted by atomic mass is 10.0. The fraction of sp³-hybridized carbons (Fsp3) is 0. The zero-order valence-corrected chi connectivity index (χ0v) is 12.7. The first-order valence-electron chi connectivity index (χ1n) is 6.69. The molecular weight excluding hydrogens is 326 g/mol. The number of nitrogens with one attached hydrogen (secondary N) is 2. The van der Waals surface area contributed by atoms with Gasteiger partial charge < -0.3 is 4.98 Å². The lowest BCUT2D eigenvalue weighted by molar-refractivity contribution is 1.10. The molecule has 0 aliphatic rings. The van der Waals surface area contributed by atoms with Crippen LogP contribution in [0.4, 0.5) is 0 Å². The number of benzene rings is 2. The van der Waals surface area contributed by atoms with E-state index in [0.717, 1.165) is 32.4 Å². The van der Waals surface area contributed by atoms with Crippen LogP contribution in [0.1, 0.15) is 0 Å². The third-order valence-electron chi connectivity index (χ3n) is 3.65. The van der Waals surface area contributed by atoms with Crippen molar-refractivity contribution < 1.29 is 0 Å². The minimum atomic E-state index is 1.03. The molecule has 21 heavy (non-hydrogen) atoms. The Bertz CT molecular complexity index is 903. The minimum absolute atomic E-state index is 1.03. The summed E-state index contributed by atoms with van der Waals surface area (Å²) in [5.74, 6) is 0. The molecule has 4 heteroatoms. The van der Waals surface area contributed by atoms with Crippen LogP contribution in [0.5, 0.6) is 0 Å². The summed E-state index contributed by atoms with van der Waals surface area (Å²) < 4.78 is 1.07. The summed E-state index contributed by atoms with van der Waals surface area (Å²) in [4.78, 5) is 3.32. The molecule has 0 aliphatic heterocycles. The Morgan fingerprint density at radius 1 is 0.905 bits per heavy atom. The van der Waals surface area contributed by atoms with Crippen LogP contribution >= 0.6 is 15.9 Å². The molecule has 0 aliphatic carbocycles. The third kappa shape index (κ3) is 2.08. The van der Waals surface area contributed by atoms with E-state index in [9.17, 15) is 0 Å². The number of hydrogen-bond acceptors (Lipinski definition) is 1. The van der Waals surface area contributed by atoms with Gasteiger partial charge in [-0.2, -0.15) is 5.10 Å². The second-order valence-electron chi connectivity index (χ2n) is 4.91. The smallest absolute Gasteiger partial charge is 0.0729 e. The van der Waals surface area contributed by atoms with Crippen LogP contribution in [-0.4, -0.2) is 15.2 Å². The highest BCUT2D eigenvalue weighted by Gasteiger charge is 2.13. The van der Waals surface area contributed by atoms with E-state index in [1.54, 1.807) is 0 Å². The van der Waals surface area contributed by atoms with E-state index >= 15 is 0 Å². The standard InChI is InChI=1S/C17H12BrN3/c18-12-7-5-11(6-8-12)17-15(10-20-21-17)14-9-19-16-4-2-1-3-13(14)16/h1-10,19H,(H,20,21). The molecule has 102 valence electrons. The van der Waals surface area contributed by atoms with Gasteiger partial charge in [0.2, 0.25) is 0 Å². The van der Waals surface area contributed by atoms with Crippen LogP contribution in [0.15, 0.2) is 65.4 Å². The fourth-order valence-electron chi connectivity index (χ4n) is 2.62. The molecule has 0 saturated heterocycles. The molecule has 2 heterocycles. The minimum Gasteiger partial charge on any atom is -0.361 e. The highest BCUT2D eigenvalue weighted by atomic mass is 79.9. The number of aromatic amines is 2. The van der Waals surface area contributed by atoms with Crippen molar-refractivity contribution in [3.05, 3.63) is 65.4 Å². The summed E-state index contributed by atoms with van der Waals surface area (Å²) in [5, 5.41) is 8.55. The number of nitrogens with zero attached hydrogens (tertiary/aromatic N) is 1. The maximum absolute atomic E-state index is 4.23. The van der Waals surface area contributed by atoms with E-state index in [1.165, 1.54) is 5.39 Å². The van der Waals surface area contributed by atoms with Gasteiger partial charge in [-0.3, -0.25) is 5.10 Å². The van der Waals surface area contributed by atoms with Crippen molar-refractivity contribution in [2.75, 3.05) is 0 Å². The molecule has 0 bridgehead atoms. The highest BCUT2D eigenvalue weighted by Crippen LogP contribution is 2.34. The van der Waals surface area contributed by atoms with Gasteiger partial charge >= 0.3 is 0 Å². The Balaban J connectivity index is 1.91. The van der Waals surface area contributed by atoms with E-state index in [1.807, 2.05) is 30.6 Å². The molecule has 0 radical (unpaired) electrons. The molecule has 0 atom stereocenters. The SMILES string of the molecule is Brc1ccc(-c2[nH]ncc2-c2c[nH]c3ccccc23)cc1. The predicted octanol–water partition coefficient (Wildman–Crippen LogP) is 4.99. The molecule has 0 unspecified atom stereocenters. The topological polar surface area (TPSA) is 44.5 Å². The van der Waals surface area contributed by atoms with E-state index < -0.39 is 0 Å². The first kappa shape index (κ1) is 12.4. The first-order valence-corrected chi connectivity index (χ1v) is 7.48. The maximum Gasteiger partial charge on any atom is 0.0729 e. The zero-order valence-electron chi connectivity index (χ0n) is 11.1. The summed E-state index contributed by atoms with van der Waals surface area (Å²) in [6.45, 7) is 0. The zero-order chi connectivity index (χ0) is 14.2. The van der Waals surface area contributed by atoms with Gasteiger partial charge in [0.15, 0.2) is 0 Å². The van der Waals surface area contributed by atoms with Gasteiger partial charge in [-0.05, 0) is 18.2 Å². The van der Waals surface area contributed by atoms with Crippen LogP contribution in [0.3, 0.4) is 0 Å². The molecule has 0 spiro atoms. The number of halogens is 1. The van der Waals surface area contributed by atoms with E-state index in [4.69, 9.17) is 0 Å². The Labute approximate surface area is 130 Å². The van der Waals surface area contributed by atoms with Crippen molar-refractivity contribution in [2.45, 2.75) is 0 Å². The average Bonchev–Trinajstić information content (AvgIpc) is 3.14. The normalized spacial score (nSPS) is 11.1. The average molecular weight is 338 g/mol. The van der Waals surface area contributed by atoms with Crippen molar-refractivity contribution >= 4 is 26.8 Å². The van der Waals surface area contributed by atoms with Gasteiger partial charge in [-0.25, -0.2) is 0 Å². The van der Waals surface area contributed by atoms with Gasteiger partial charge in [0, 0.05) is 38.3 Å². The quantitative estimate of drug-likeness (QED) is 0.531. The van der Waals surface area contributed by atoms with Gasteiger partial charge in [0.05, 0.1) is 11.9 Å². The second-order valence-corrected chi connectivity index (χ2v) is 5.83. The number of H-pyrrole nitrogens is 2. The Morgan fingerprint density at radius 3 is 2.57 bits per heavy atom. The van der Waals surface area contributed by atoms with Crippen molar-refractivity contribution in [1.29, 1.82) is 0 Å². The Hall–Kier alpha value is -2.33. The van der Waals surface area contributed by atoms with Crippen molar-refractivity contribution in [3.8, 4) is 22.4 Å².